The van der Waals surface area contributed by atoms with Crippen molar-refractivity contribution in [3.63, 3.8) is 0 Å². The summed E-state index contributed by atoms with van der Waals surface area (Å²) in [6, 6.07) is 21.3. The van der Waals surface area contributed by atoms with Gasteiger partial charge in [-0.1, -0.05) is 81.4 Å². The Balaban J connectivity index is 2.03. The van der Waals surface area contributed by atoms with Crippen molar-refractivity contribution in [2.75, 3.05) is 6.61 Å². The number of nitrogens with two attached hydrogens (primary N) is 1. The molecule has 1 fully saturated rings. The van der Waals surface area contributed by atoms with Crippen molar-refractivity contribution >= 4 is 18.7 Å². The van der Waals surface area contributed by atoms with Crippen LogP contribution in [0.5, 0.6) is 0 Å². The molecule has 26 heavy (non-hydrogen) atoms. The van der Waals surface area contributed by atoms with Crippen molar-refractivity contribution in [2.24, 2.45) is 11.7 Å². The molecule has 1 aliphatic carbocycles. The number of aliphatic hydroxyl groups excluding tert-OH is 1. The van der Waals surface area contributed by atoms with E-state index in [0.29, 0.717) is 13.0 Å². The zero-order valence-corrected chi connectivity index (χ0v) is 17.1. The number of aliphatic hydroxyl groups is 1. The summed E-state index contributed by atoms with van der Waals surface area (Å²) in [7, 11) is -2.52. The van der Waals surface area contributed by atoms with Crippen LogP contribution >= 0.6 is 0 Å². The lowest BCUT2D eigenvalue weighted by atomic mass is 10.1. The van der Waals surface area contributed by atoms with Gasteiger partial charge < -0.3 is 15.3 Å². The van der Waals surface area contributed by atoms with Gasteiger partial charge in [-0.15, -0.1) is 0 Å². The summed E-state index contributed by atoms with van der Waals surface area (Å²) in [5.74, 6) is 0.117. The van der Waals surface area contributed by atoms with E-state index in [9.17, 15) is 5.11 Å². The fourth-order valence-corrected chi connectivity index (χ4v) is 8.94. The van der Waals surface area contributed by atoms with Gasteiger partial charge in [-0.2, -0.15) is 0 Å². The minimum absolute atomic E-state index is 0.0403. The molecular weight excluding hydrogens is 338 g/mol. The molecule has 0 aliphatic heterocycles. The number of benzene rings is 2. The Morgan fingerprint density at radius 1 is 0.962 bits per heavy atom. The topological polar surface area (TPSA) is 55.5 Å². The number of hydrogen-bond donors (Lipinski definition) is 2. The van der Waals surface area contributed by atoms with Crippen LogP contribution in [0.4, 0.5) is 0 Å². The van der Waals surface area contributed by atoms with Crippen molar-refractivity contribution in [3.05, 3.63) is 60.7 Å². The number of rotatable bonds is 5. The van der Waals surface area contributed by atoms with Crippen LogP contribution in [-0.2, 0) is 4.43 Å². The van der Waals surface area contributed by atoms with E-state index in [2.05, 4.69) is 81.4 Å². The maximum Gasteiger partial charge on any atom is 0.261 e. The standard InChI is InChI=1S/C22H31NO2Si/c1-22(2,3)26(19-10-6-4-7-11-19,20-12-8-5-9-13-20)25-16-17-14-18(23)15-21(17)24/h4-13,17-18,21,24H,14-16,23H2,1-3H3/t17-,18+,21+/m1/s1. The maximum absolute atomic E-state index is 10.4. The first-order valence-electron chi connectivity index (χ1n) is 9.53. The highest BCUT2D eigenvalue weighted by atomic mass is 28.4. The monoisotopic (exact) mass is 369 g/mol. The van der Waals surface area contributed by atoms with Gasteiger partial charge >= 0.3 is 0 Å². The summed E-state index contributed by atoms with van der Waals surface area (Å²) in [6.45, 7) is 7.38. The second-order valence-corrected chi connectivity index (χ2v) is 12.8. The minimum atomic E-state index is -2.52. The average Bonchev–Trinajstić information content (AvgIpc) is 2.94. The third-order valence-corrected chi connectivity index (χ3v) is 10.6. The highest BCUT2D eigenvalue weighted by Gasteiger charge is 2.50. The zero-order chi connectivity index (χ0) is 18.8. The normalized spacial score (nSPS) is 24.0. The van der Waals surface area contributed by atoms with E-state index in [1.165, 1.54) is 10.4 Å². The second-order valence-electron chi connectivity index (χ2n) is 8.53. The summed E-state index contributed by atoms with van der Waals surface area (Å²) >= 11 is 0. The van der Waals surface area contributed by atoms with E-state index in [1.54, 1.807) is 0 Å². The SMILES string of the molecule is CC(C)(C)[Si](OC[C@H]1C[C@H](N)C[C@@H]1O)(c1ccccc1)c1ccccc1. The fourth-order valence-electron chi connectivity index (χ4n) is 4.32. The van der Waals surface area contributed by atoms with Crippen LogP contribution in [0.1, 0.15) is 33.6 Å². The number of hydrogen-bond acceptors (Lipinski definition) is 3. The first-order chi connectivity index (χ1) is 12.3. The molecule has 3 nitrogen and oxygen atoms in total. The van der Waals surface area contributed by atoms with Crippen molar-refractivity contribution in [3.8, 4) is 0 Å². The molecule has 3 atom stereocenters. The van der Waals surface area contributed by atoms with Crippen molar-refractivity contribution < 1.29 is 9.53 Å². The Labute approximate surface area is 158 Å². The van der Waals surface area contributed by atoms with Crippen molar-refractivity contribution in [1.82, 2.24) is 0 Å². The fraction of sp³-hybridized carbons (Fsp3) is 0.455. The van der Waals surface area contributed by atoms with Gasteiger partial charge in [0.25, 0.3) is 8.32 Å². The molecular formula is C22H31NO2Si. The Hall–Kier alpha value is -1.46. The molecule has 0 saturated heterocycles. The quantitative estimate of drug-likeness (QED) is 0.797. The van der Waals surface area contributed by atoms with Gasteiger partial charge in [0.05, 0.1) is 6.10 Å². The molecule has 140 valence electrons. The predicted molar refractivity (Wildman–Crippen MR) is 110 cm³/mol. The lowest BCUT2D eigenvalue weighted by Gasteiger charge is -2.43. The summed E-state index contributed by atoms with van der Waals surface area (Å²) in [6.07, 6.45) is 1.15. The summed E-state index contributed by atoms with van der Waals surface area (Å²) in [5.41, 5.74) is 6.06. The first-order valence-corrected chi connectivity index (χ1v) is 11.4. The Morgan fingerprint density at radius 3 is 1.85 bits per heavy atom. The molecule has 0 amide bonds. The third-order valence-electron chi connectivity index (χ3n) is 5.62. The molecule has 0 aromatic heterocycles. The second kappa shape index (κ2) is 7.65. The summed E-state index contributed by atoms with van der Waals surface area (Å²) in [5, 5.41) is 12.9. The van der Waals surface area contributed by atoms with Crippen LogP contribution < -0.4 is 16.1 Å². The summed E-state index contributed by atoms with van der Waals surface area (Å²) in [4.78, 5) is 0. The van der Waals surface area contributed by atoms with E-state index in [4.69, 9.17) is 10.2 Å². The molecule has 0 bridgehead atoms. The van der Waals surface area contributed by atoms with Crippen LogP contribution in [0.15, 0.2) is 60.7 Å². The molecule has 0 radical (unpaired) electrons. The van der Waals surface area contributed by atoms with E-state index in [-0.39, 0.29) is 23.1 Å². The van der Waals surface area contributed by atoms with Crippen LogP contribution in [0.3, 0.4) is 0 Å². The van der Waals surface area contributed by atoms with Gasteiger partial charge in [0.2, 0.25) is 0 Å². The summed E-state index contributed by atoms with van der Waals surface area (Å²) < 4.78 is 6.89. The Bertz CT molecular complexity index is 660. The van der Waals surface area contributed by atoms with E-state index < -0.39 is 8.32 Å². The van der Waals surface area contributed by atoms with Gasteiger partial charge in [-0.25, -0.2) is 0 Å². The van der Waals surface area contributed by atoms with Gasteiger partial charge in [-0.05, 0) is 28.3 Å². The Kier molecular flexibility index (Phi) is 5.68. The molecule has 2 aromatic carbocycles. The van der Waals surface area contributed by atoms with E-state index in [0.717, 1.165) is 6.42 Å². The van der Waals surface area contributed by atoms with Crippen LogP contribution in [0.25, 0.3) is 0 Å². The first kappa shape index (κ1) is 19.3. The molecule has 0 spiro atoms. The molecule has 4 heteroatoms. The lowest BCUT2D eigenvalue weighted by molar-refractivity contribution is 0.0953. The largest absolute Gasteiger partial charge is 0.407 e. The maximum atomic E-state index is 10.4. The lowest BCUT2D eigenvalue weighted by Crippen LogP contribution is -2.67. The van der Waals surface area contributed by atoms with Crippen molar-refractivity contribution in [1.29, 1.82) is 0 Å². The van der Waals surface area contributed by atoms with Crippen LogP contribution in [0, 0.1) is 5.92 Å². The van der Waals surface area contributed by atoms with Crippen LogP contribution in [0.2, 0.25) is 5.04 Å². The molecule has 0 heterocycles. The molecule has 1 saturated carbocycles. The van der Waals surface area contributed by atoms with Crippen molar-refractivity contribution in [2.45, 2.75) is 50.8 Å². The smallest absolute Gasteiger partial charge is 0.261 e. The minimum Gasteiger partial charge on any atom is -0.407 e. The Morgan fingerprint density at radius 2 is 1.46 bits per heavy atom. The zero-order valence-electron chi connectivity index (χ0n) is 16.1. The highest BCUT2D eigenvalue weighted by Crippen LogP contribution is 2.38. The molecule has 1 aliphatic rings. The molecule has 3 rings (SSSR count). The highest BCUT2D eigenvalue weighted by molar-refractivity contribution is 6.99. The van der Waals surface area contributed by atoms with E-state index in [1.807, 2.05) is 0 Å². The van der Waals surface area contributed by atoms with Gasteiger partial charge in [0, 0.05) is 18.6 Å². The van der Waals surface area contributed by atoms with Crippen LogP contribution in [-0.4, -0.2) is 32.2 Å². The molecule has 0 unspecified atom stereocenters. The third kappa shape index (κ3) is 3.65. The van der Waals surface area contributed by atoms with Gasteiger partial charge in [-0.3, -0.25) is 0 Å². The average molecular weight is 370 g/mol. The van der Waals surface area contributed by atoms with Gasteiger partial charge in [0.1, 0.15) is 0 Å². The molecule has 2 aromatic rings. The predicted octanol–water partition coefficient (Wildman–Crippen LogP) is 2.66. The molecule has 3 N–H and O–H groups in total. The van der Waals surface area contributed by atoms with Gasteiger partial charge in [0.15, 0.2) is 0 Å². The van der Waals surface area contributed by atoms with E-state index >= 15 is 0 Å².